The van der Waals surface area contributed by atoms with E-state index in [0.717, 1.165) is 18.0 Å². The van der Waals surface area contributed by atoms with E-state index in [1.54, 1.807) is 13.1 Å². The molecule has 7 nitrogen and oxygen atoms in total. The Labute approximate surface area is 205 Å². The number of aryl methyl sites for hydroxylation is 1. The molecular weight excluding hydrogens is 483 g/mol. The van der Waals surface area contributed by atoms with Gasteiger partial charge in [-0.15, -0.1) is 0 Å². The van der Waals surface area contributed by atoms with E-state index < -0.39 is 11.7 Å². The molecule has 2 aromatic heterocycles. The van der Waals surface area contributed by atoms with Gasteiger partial charge in [0.15, 0.2) is 0 Å². The first-order valence-corrected chi connectivity index (χ1v) is 11.5. The molecule has 2 atom stereocenters. The van der Waals surface area contributed by atoms with Crippen LogP contribution in [0.25, 0.3) is 11.4 Å². The maximum atomic E-state index is 13.3. The van der Waals surface area contributed by atoms with Crippen LogP contribution in [0.5, 0.6) is 0 Å². The highest BCUT2D eigenvalue weighted by molar-refractivity contribution is 6.33. The van der Waals surface area contributed by atoms with E-state index in [9.17, 15) is 18.0 Å². The topological polar surface area (TPSA) is 72.3 Å². The van der Waals surface area contributed by atoms with E-state index in [2.05, 4.69) is 20.2 Å². The van der Waals surface area contributed by atoms with Gasteiger partial charge in [0.1, 0.15) is 17.3 Å². The van der Waals surface area contributed by atoms with Gasteiger partial charge in [0.2, 0.25) is 0 Å². The minimum atomic E-state index is -4.52. The third kappa shape index (κ3) is 5.13. The van der Waals surface area contributed by atoms with Crippen molar-refractivity contribution in [3.8, 4) is 11.4 Å². The van der Waals surface area contributed by atoms with Gasteiger partial charge >= 0.3 is 6.18 Å². The van der Waals surface area contributed by atoms with Crippen molar-refractivity contribution in [3.05, 3.63) is 69.2 Å². The largest absolute Gasteiger partial charge is 0.416 e. The van der Waals surface area contributed by atoms with Crippen molar-refractivity contribution in [1.82, 2.24) is 14.5 Å². The Kier molecular flexibility index (Phi) is 7.05. The number of nitrogens with one attached hydrogen (secondary N) is 1. The maximum Gasteiger partial charge on any atom is 0.416 e. The quantitative estimate of drug-likeness (QED) is 0.528. The average Bonchev–Trinajstić information content (AvgIpc) is 3.22. The lowest BCUT2D eigenvalue weighted by Crippen LogP contribution is -2.38. The molecule has 1 fully saturated rings. The second kappa shape index (κ2) is 9.87. The second-order valence-corrected chi connectivity index (χ2v) is 8.70. The Balaban J connectivity index is 1.64. The van der Waals surface area contributed by atoms with Crippen LogP contribution in [0.1, 0.15) is 18.2 Å². The third-order valence-corrected chi connectivity index (χ3v) is 6.27. The van der Waals surface area contributed by atoms with Crippen LogP contribution in [0.3, 0.4) is 0 Å². The van der Waals surface area contributed by atoms with Gasteiger partial charge in [0.25, 0.3) is 5.56 Å². The summed E-state index contributed by atoms with van der Waals surface area (Å²) in [5.74, 6) is 0.996. The lowest BCUT2D eigenvalue weighted by molar-refractivity contribution is -0.137. The number of ether oxygens (including phenoxy) is 1. The van der Waals surface area contributed by atoms with Crippen molar-refractivity contribution < 1.29 is 17.9 Å². The molecule has 1 aliphatic heterocycles. The van der Waals surface area contributed by atoms with E-state index in [0.29, 0.717) is 31.1 Å². The van der Waals surface area contributed by atoms with Gasteiger partial charge in [-0.1, -0.05) is 17.7 Å². The van der Waals surface area contributed by atoms with E-state index >= 15 is 0 Å². The SMILES string of the molecule is CCO[C@H]1CN(c2ccccn2)C[C@H]1Nc1c(C)nc(-c2ccc(C(F)(F)F)cc2Cl)n(C)c1=O. The number of alkyl halides is 3. The highest BCUT2D eigenvalue weighted by atomic mass is 35.5. The molecule has 1 N–H and O–H groups in total. The number of hydrogen-bond donors (Lipinski definition) is 1. The smallest absolute Gasteiger partial charge is 0.374 e. The Morgan fingerprint density at radius 2 is 2.00 bits per heavy atom. The summed E-state index contributed by atoms with van der Waals surface area (Å²) < 4.78 is 46.3. The van der Waals surface area contributed by atoms with Crippen LogP contribution in [-0.4, -0.2) is 46.4 Å². The van der Waals surface area contributed by atoms with Crippen LogP contribution >= 0.6 is 11.6 Å². The number of aromatic nitrogens is 3. The Morgan fingerprint density at radius 1 is 1.23 bits per heavy atom. The van der Waals surface area contributed by atoms with Crippen LogP contribution in [0.15, 0.2) is 47.4 Å². The summed E-state index contributed by atoms with van der Waals surface area (Å²) in [4.78, 5) is 24.3. The fourth-order valence-corrected chi connectivity index (χ4v) is 4.46. The summed E-state index contributed by atoms with van der Waals surface area (Å²) in [6.07, 6.45) is -2.98. The molecule has 1 aliphatic rings. The molecule has 0 radical (unpaired) electrons. The van der Waals surface area contributed by atoms with Crippen molar-refractivity contribution in [2.45, 2.75) is 32.2 Å². The van der Waals surface area contributed by atoms with E-state index in [1.165, 1.54) is 17.7 Å². The van der Waals surface area contributed by atoms with Crippen LogP contribution in [0.4, 0.5) is 24.7 Å². The zero-order valence-electron chi connectivity index (χ0n) is 19.4. The standard InChI is InChI=1S/C24H25ClF3N5O2/c1-4-35-19-13-33(20-7-5-6-10-29-20)12-18(19)31-21-14(2)30-22(32(3)23(21)34)16-9-8-15(11-17(16)25)24(26,27)28/h5-11,18-19,31H,4,12-13H2,1-3H3/t18-,19+/m1/s1. The zero-order chi connectivity index (χ0) is 25.3. The fraction of sp³-hybridized carbons (Fsp3) is 0.375. The molecule has 186 valence electrons. The fourth-order valence-electron chi connectivity index (χ4n) is 4.20. The Hall–Kier alpha value is -3.11. The van der Waals surface area contributed by atoms with E-state index in [-0.39, 0.29) is 34.1 Å². The summed E-state index contributed by atoms with van der Waals surface area (Å²) in [5.41, 5.74) is -0.285. The minimum absolute atomic E-state index is 0.138. The number of hydrogen-bond acceptors (Lipinski definition) is 6. The first kappa shape index (κ1) is 25.0. The highest BCUT2D eigenvalue weighted by Crippen LogP contribution is 2.35. The Bertz CT molecular complexity index is 1270. The van der Waals surface area contributed by atoms with Crippen molar-refractivity contribution in [2.24, 2.45) is 7.05 Å². The number of rotatable bonds is 6. The van der Waals surface area contributed by atoms with Crippen LogP contribution in [0, 0.1) is 6.92 Å². The molecule has 1 saturated heterocycles. The van der Waals surface area contributed by atoms with Crippen LogP contribution in [-0.2, 0) is 18.0 Å². The average molecular weight is 508 g/mol. The minimum Gasteiger partial charge on any atom is -0.374 e. The Morgan fingerprint density at radius 3 is 2.63 bits per heavy atom. The van der Waals surface area contributed by atoms with Crippen molar-refractivity contribution in [2.75, 3.05) is 29.9 Å². The molecular formula is C24H25ClF3N5O2. The summed E-state index contributed by atoms with van der Waals surface area (Å²) in [6, 6.07) is 8.46. The van der Waals surface area contributed by atoms with Gasteiger partial charge in [0.05, 0.1) is 28.4 Å². The summed E-state index contributed by atoms with van der Waals surface area (Å²) in [7, 11) is 1.51. The monoisotopic (exact) mass is 507 g/mol. The lowest BCUT2D eigenvalue weighted by atomic mass is 10.1. The second-order valence-electron chi connectivity index (χ2n) is 8.29. The van der Waals surface area contributed by atoms with Crippen molar-refractivity contribution >= 4 is 23.1 Å². The molecule has 0 spiro atoms. The molecule has 3 aromatic rings. The third-order valence-electron chi connectivity index (χ3n) is 5.96. The predicted octanol–water partition coefficient (Wildman–Crippen LogP) is 4.53. The summed E-state index contributed by atoms with van der Waals surface area (Å²) in [6.45, 7) is 5.27. The number of halogens is 4. The van der Waals surface area contributed by atoms with Gasteiger partial charge in [-0.25, -0.2) is 9.97 Å². The van der Waals surface area contributed by atoms with Gasteiger partial charge in [0, 0.05) is 38.5 Å². The van der Waals surface area contributed by atoms with Crippen molar-refractivity contribution in [3.63, 3.8) is 0 Å². The lowest BCUT2D eigenvalue weighted by Gasteiger charge is -2.22. The molecule has 0 aliphatic carbocycles. The van der Waals surface area contributed by atoms with Crippen molar-refractivity contribution in [1.29, 1.82) is 0 Å². The number of benzene rings is 1. The van der Waals surface area contributed by atoms with E-state index in [1.807, 2.05) is 25.1 Å². The summed E-state index contributed by atoms with van der Waals surface area (Å²) in [5, 5.41) is 3.16. The van der Waals surface area contributed by atoms with Gasteiger partial charge in [-0.3, -0.25) is 9.36 Å². The summed E-state index contributed by atoms with van der Waals surface area (Å²) >= 11 is 6.15. The molecule has 0 bridgehead atoms. The molecule has 1 aromatic carbocycles. The molecule has 0 saturated carbocycles. The maximum absolute atomic E-state index is 13.3. The predicted molar refractivity (Wildman–Crippen MR) is 129 cm³/mol. The zero-order valence-corrected chi connectivity index (χ0v) is 20.2. The highest BCUT2D eigenvalue weighted by Gasteiger charge is 2.35. The van der Waals surface area contributed by atoms with Crippen LogP contribution in [0.2, 0.25) is 5.02 Å². The number of nitrogens with zero attached hydrogens (tertiary/aromatic N) is 4. The number of anilines is 2. The molecule has 3 heterocycles. The molecule has 11 heteroatoms. The van der Waals surface area contributed by atoms with Gasteiger partial charge in [-0.05, 0) is 44.2 Å². The molecule has 0 unspecified atom stereocenters. The first-order chi connectivity index (χ1) is 16.6. The first-order valence-electron chi connectivity index (χ1n) is 11.1. The molecule has 0 amide bonds. The van der Waals surface area contributed by atoms with Gasteiger partial charge < -0.3 is 15.0 Å². The normalized spacial score (nSPS) is 18.2. The number of pyridine rings is 1. The van der Waals surface area contributed by atoms with Gasteiger partial charge in [-0.2, -0.15) is 13.2 Å². The van der Waals surface area contributed by atoms with Crippen LogP contribution < -0.4 is 15.8 Å². The molecule has 4 rings (SSSR count). The molecule has 35 heavy (non-hydrogen) atoms. The van der Waals surface area contributed by atoms with E-state index in [4.69, 9.17) is 16.3 Å².